The Morgan fingerprint density at radius 3 is 2.72 bits per heavy atom. The van der Waals surface area contributed by atoms with E-state index in [0.717, 1.165) is 56.9 Å². The first-order valence-electron chi connectivity index (χ1n) is 9.78. The fourth-order valence-electron chi connectivity index (χ4n) is 3.83. The fraction of sp³-hybridized carbons (Fsp3) is 0.318. The molecule has 0 bridgehead atoms. The van der Waals surface area contributed by atoms with Gasteiger partial charge in [-0.3, -0.25) is 9.69 Å². The molecule has 1 aromatic carbocycles. The highest BCUT2D eigenvalue weighted by atomic mass is 19.1. The molecule has 4 rings (SSSR count). The number of fused-ring (bicyclic) bond motifs is 1. The van der Waals surface area contributed by atoms with Crippen LogP contribution in [0.4, 0.5) is 10.1 Å². The minimum atomic E-state index is -0.481. The number of aromatic amines is 1. The van der Waals surface area contributed by atoms with Crippen LogP contribution in [0, 0.1) is 17.1 Å². The summed E-state index contributed by atoms with van der Waals surface area (Å²) in [5, 5.41) is 9.62. The van der Waals surface area contributed by atoms with Crippen molar-refractivity contribution >= 4 is 16.5 Å². The van der Waals surface area contributed by atoms with Crippen molar-refractivity contribution in [1.29, 1.82) is 5.26 Å². The molecule has 0 atom stereocenters. The quantitative estimate of drug-likeness (QED) is 0.724. The smallest absolute Gasteiger partial charge is 0.258 e. The van der Waals surface area contributed by atoms with Gasteiger partial charge in [0.1, 0.15) is 17.6 Å². The van der Waals surface area contributed by atoms with Gasteiger partial charge in [0.2, 0.25) is 0 Å². The van der Waals surface area contributed by atoms with Crippen LogP contribution >= 0.6 is 0 Å². The topological polar surface area (TPSA) is 76.0 Å². The van der Waals surface area contributed by atoms with E-state index in [1.807, 2.05) is 18.2 Å². The van der Waals surface area contributed by atoms with Crippen LogP contribution in [0.1, 0.15) is 17.8 Å². The average Bonchev–Trinajstić information content (AvgIpc) is 2.74. The van der Waals surface area contributed by atoms with Crippen molar-refractivity contribution in [3.63, 3.8) is 0 Å². The summed E-state index contributed by atoms with van der Waals surface area (Å²) in [5.74, 6) is -0.481. The van der Waals surface area contributed by atoms with Gasteiger partial charge in [0.25, 0.3) is 5.56 Å². The zero-order valence-electron chi connectivity index (χ0n) is 16.1. The number of benzene rings is 1. The predicted molar refractivity (Wildman–Crippen MR) is 110 cm³/mol. The molecule has 3 aromatic rings. The molecule has 0 radical (unpaired) electrons. The van der Waals surface area contributed by atoms with E-state index in [-0.39, 0.29) is 10.9 Å². The first kappa shape index (κ1) is 19.1. The number of nitriles is 1. The Hall–Kier alpha value is -3.24. The van der Waals surface area contributed by atoms with Gasteiger partial charge in [-0.25, -0.2) is 9.37 Å². The van der Waals surface area contributed by atoms with Gasteiger partial charge >= 0.3 is 0 Å². The van der Waals surface area contributed by atoms with E-state index in [1.54, 1.807) is 24.4 Å². The van der Waals surface area contributed by atoms with Crippen LogP contribution in [0.25, 0.3) is 10.8 Å². The Morgan fingerprint density at radius 2 is 2.00 bits per heavy atom. The molecular formula is C22H22FN5O. The number of hydrogen-bond acceptors (Lipinski definition) is 5. The number of pyridine rings is 2. The number of aryl methyl sites for hydroxylation is 1. The number of H-pyrrole nitrogens is 1. The van der Waals surface area contributed by atoms with Crippen molar-refractivity contribution in [2.24, 2.45) is 0 Å². The minimum Gasteiger partial charge on any atom is -0.368 e. The Morgan fingerprint density at radius 1 is 1.17 bits per heavy atom. The van der Waals surface area contributed by atoms with Gasteiger partial charge in [-0.15, -0.1) is 0 Å². The van der Waals surface area contributed by atoms with E-state index in [1.165, 1.54) is 6.07 Å². The number of hydrogen-bond donors (Lipinski definition) is 1. The maximum atomic E-state index is 13.8. The molecule has 1 N–H and O–H groups in total. The summed E-state index contributed by atoms with van der Waals surface area (Å²) in [7, 11) is 0. The van der Waals surface area contributed by atoms with Crippen molar-refractivity contribution in [1.82, 2.24) is 14.9 Å². The summed E-state index contributed by atoms with van der Waals surface area (Å²) < 4.78 is 13.8. The SMILES string of the molecule is N#Cc1ccc(N2CCN(CCCc3cc4cccc(F)c4c(=O)[nH]3)CC2)cn1. The maximum absolute atomic E-state index is 13.8. The van der Waals surface area contributed by atoms with E-state index in [4.69, 9.17) is 5.26 Å². The molecular weight excluding hydrogens is 369 g/mol. The summed E-state index contributed by atoms with van der Waals surface area (Å²) in [6.07, 6.45) is 3.43. The van der Waals surface area contributed by atoms with Crippen molar-refractivity contribution in [3.8, 4) is 6.07 Å². The monoisotopic (exact) mass is 391 g/mol. The number of anilines is 1. The highest BCUT2D eigenvalue weighted by Crippen LogP contribution is 2.17. The molecule has 0 saturated carbocycles. The molecule has 0 amide bonds. The summed E-state index contributed by atoms with van der Waals surface area (Å²) >= 11 is 0. The third kappa shape index (κ3) is 4.28. The molecule has 1 aliphatic heterocycles. The first-order chi connectivity index (χ1) is 14.1. The summed E-state index contributed by atoms with van der Waals surface area (Å²) in [6.45, 7) is 4.70. The average molecular weight is 391 g/mol. The number of nitrogens with one attached hydrogen (secondary N) is 1. The number of rotatable bonds is 5. The minimum absolute atomic E-state index is 0.129. The number of halogens is 1. The lowest BCUT2D eigenvalue weighted by Crippen LogP contribution is -2.46. The van der Waals surface area contributed by atoms with Gasteiger partial charge in [-0.05, 0) is 49.0 Å². The molecule has 0 aliphatic carbocycles. The van der Waals surface area contributed by atoms with E-state index in [2.05, 4.69) is 19.8 Å². The van der Waals surface area contributed by atoms with Crippen LogP contribution in [0.5, 0.6) is 0 Å². The highest BCUT2D eigenvalue weighted by molar-refractivity contribution is 5.82. The van der Waals surface area contributed by atoms with E-state index in [9.17, 15) is 9.18 Å². The second-order valence-electron chi connectivity index (χ2n) is 7.27. The number of piperazine rings is 1. The second-order valence-corrected chi connectivity index (χ2v) is 7.27. The van der Waals surface area contributed by atoms with Crippen LogP contribution in [-0.2, 0) is 6.42 Å². The molecule has 6 nitrogen and oxygen atoms in total. The lowest BCUT2D eigenvalue weighted by molar-refractivity contribution is 0.255. The Labute approximate surface area is 168 Å². The predicted octanol–water partition coefficient (Wildman–Crippen LogP) is 2.69. The third-order valence-corrected chi connectivity index (χ3v) is 5.40. The van der Waals surface area contributed by atoms with Crippen LogP contribution in [-0.4, -0.2) is 47.6 Å². The highest BCUT2D eigenvalue weighted by Gasteiger charge is 2.17. The first-order valence-corrected chi connectivity index (χ1v) is 9.78. The molecule has 7 heteroatoms. The number of nitrogens with zero attached hydrogens (tertiary/aromatic N) is 4. The molecule has 29 heavy (non-hydrogen) atoms. The second kappa shape index (κ2) is 8.41. The zero-order chi connectivity index (χ0) is 20.2. The Kier molecular flexibility index (Phi) is 5.54. The fourth-order valence-corrected chi connectivity index (χ4v) is 3.83. The largest absolute Gasteiger partial charge is 0.368 e. The van der Waals surface area contributed by atoms with Gasteiger partial charge < -0.3 is 9.88 Å². The Balaban J connectivity index is 1.29. The Bertz CT molecular complexity index is 1090. The van der Waals surface area contributed by atoms with Gasteiger partial charge in [0.15, 0.2) is 0 Å². The van der Waals surface area contributed by atoms with Crippen molar-refractivity contribution in [3.05, 3.63) is 70.2 Å². The van der Waals surface area contributed by atoms with Crippen LogP contribution in [0.15, 0.2) is 47.4 Å². The van der Waals surface area contributed by atoms with Crippen molar-refractivity contribution < 1.29 is 4.39 Å². The van der Waals surface area contributed by atoms with Crippen molar-refractivity contribution in [2.75, 3.05) is 37.6 Å². The normalized spacial score (nSPS) is 14.8. The molecule has 1 saturated heterocycles. The third-order valence-electron chi connectivity index (χ3n) is 5.40. The van der Waals surface area contributed by atoms with Crippen LogP contribution < -0.4 is 10.5 Å². The van der Waals surface area contributed by atoms with Gasteiger partial charge in [-0.1, -0.05) is 12.1 Å². The molecule has 0 spiro atoms. The summed E-state index contributed by atoms with van der Waals surface area (Å²) in [4.78, 5) is 23.8. The van der Waals surface area contributed by atoms with E-state index < -0.39 is 5.82 Å². The number of aromatic nitrogens is 2. The molecule has 0 unspecified atom stereocenters. The van der Waals surface area contributed by atoms with Crippen LogP contribution in [0.3, 0.4) is 0 Å². The zero-order valence-corrected chi connectivity index (χ0v) is 16.1. The van der Waals surface area contributed by atoms with Crippen LogP contribution in [0.2, 0.25) is 0 Å². The standard InChI is InChI=1S/C22H22FN5O/c23-20-5-1-3-16-13-17(26-22(29)21(16)20)4-2-8-27-9-11-28(12-10-27)19-7-6-18(14-24)25-15-19/h1,3,5-7,13,15H,2,4,8-12H2,(H,26,29). The van der Waals surface area contributed by atoms with Gasteiger partial charge in [0.05, 0.1) is 17.3 Å². The molecule has 1 fully saturated rings. The van der Waals surface area contributed by atoms with Gasteiger partial charge in [-0.2, -0.15) is 5.26 Å². The van der Waals surface area contributed by atoms with E-state index >= 15 is 0 Å². The van der Waals surface area contributed by atoms with E-state index in [0.29, 0.717) is 11.1 Å². The molecule has 1 aliphatic rings. The van der Waals surface area contributed by atoms with Crippen molar-refractivity contribution in [2.45, 2.75) is 12.8 Å². The summed E-state index contributed by atoms with van der Waals surface area (Å²) in [6, 6.07) is 12.3. The maximum Gasteiger partial charge on any atom is 0.258 e. The molecule has 2 aromatic heterocycles. The summed E-state index contributed by atoms with van der Waals surface area (Å²) in [5.41, 5.74) is 1.96. The molecule has 3 heterocycles. The van der Waals surface area contributed by atoms with Gasteiger partial charge in [0, 0.05) is 31.9 Å². The lowest BCUT2D eigenvalue weighted by Gasteiger charge is -2.35. The lowest BCUT2D eigenvalue weighted by atomic mass is 10.1. The molecule has 148 valence electrons.